The van der Waals surface area contributed by atoms with Crippen LogP contribution in [0.25, 0.3) is 0 Å². The average Bonchev–Trinajstić information content (AvgIpc) is 2.30. The third kappa shape index (κ3) is 3.89. The molecule has 1 aromatic carbocycles. The van der Waals surface area contributed by atoms with Crippen molar-refractivity contribution in [3.05, 3.63) is 33.0 Å². The molecule has 5 nitrogen and oxygen atoms in total. The summed E-state index contributed by atoms with van der Waals surface area (Å²) < 4.78 is 13.3. The zero-order chi connectivity index (χ0) is 14.8. The van der Waals surface area contributed by atoms with Gasteiger partial charge in [-0.15, -0.1) is 0 Å². The fraction of sp³-hybridized carbons (Fsp3) is 0.273. The molecule has 104 valence electrons. The number of hydrogen-bond acceptors (Lipinski definition) is 3. The van der Waals surface area contributed by atoms with E-state index in [1.54, 1.807) is 0 Å². The van der Waals surface area contributed by atoms with Crippen LogP contribution < -0.4 is 5.32 Å². The lowest BCUT2D eigenvalue weighted by Gasteiger charge is -2.18. The number of carbonyl (C=O) groups excluding carboxylic acids is 1. The van der Waals surface area contributed by atoms with Crippen molar-refractivity contribution < 1.29 is 24.2 Å². The summed E-state index contributed by atoms with van der Waals surface area (Å²) in [6.07, 6.45) is 0. The molecule has 0 fully saturated rings. The predicted molar refractivity (Wildman–Crippen MR) is 69.7 cm³/mol. The van der Waals surface area contributed by atoms with E-state index >= 15 is 0 Å². The SMILES string of the molecule is CC(O)(CNC(=O)c1cc(Cl)cc(F)c1Br)C(=O)O. The molecule has 1 amide bonds. The first-order chi connectivity index (χ1) is 8.65. The number of benzene rings is 1. The molecule has 0 spiro atoms. The van der Waals surface area contributed by atoms with E-state index < -0.39 is 29.8 Å². The number of hydrogen-bond donors (Lipinski definition) is 3. The van der Waals surface area contributed by atoms with E-state index in [4.69, 9.17) is 16.7 Å². The Labute approximate surface area is 121 Å². The molecule has 0 saturated carbocycles. The van der Waals surface area contributed by atoms with Crippen LogP contribution >= 0.6 is 27.5 Å². The summed E-state index contributed by atoms with van der Waals surface area (Å²) in [5.41, 5.74) is -2.20. The van der Waals surface area contributed by atoms with E-state index in [-0.39, 0.29) is 15.1 Å². The van der Waals surface area contributed by atoms with Gasteiger partial charge in [-0.2, -0.15) is 0 Å². The molecule has 8 heteroatoms. The van der Waals surface area contributed by atoms with Crippen LogP contribution in [-0.4, -0.2) is 34.2 Å². The third-order valence-electron chi connectivity index (χ3n) is 2.29. The number of aliphatic carboxylic acids is 1. The van der Waals surface area contributed by atoms with Gasteiger partial charge in [-0.3, -0.25) is 4.79 Å². The van der Waals surface area contributed by atoms with E-state index in [1.807, 2.05) is 0 Å². The van der Waals surface area contributed by atoms with Crippen molar-refractivity contribution in [2.75, 3.05) is 6.54 Å². The van der Waals surface area contributed by atoms with Crippen LogP contribution in [0.2, 0.25) is 5.02 Å². The number of amides is 1. The zero-order valence-electron chi connectivity index (χ0n) is 9.71. The summed E-state index contributed by atoms with van der Waals surface area (Å²) in [6, 6.07) is 2.25. The predicted octanol–water partition coefficient (Wildman–Crippen LogP) is 1.81. The summed E-state index contributed by atoms with van der Waals surface area (Å²) >= 11 is 8.51. The second-order valence-electron chi connectivity index (χ2n) is 4.01. The highest BCUT2D eigenvalue weighted by atomic mass is 79.9. The van der Waals surface area contributed by atoms with Gasteiger partial charge < -0.3 is 15.5 Å². The van der Waals surface area contributed by atoms with Crippen molar-refractivity contribution in [1.29, 1.82) is 0 Å². The topological polar surface area (TPSA) is 86.6 Å². The molecule has 1 rings (SSSR count). The van der Waals surface area contributed by atoms with Crippen LogP contribution in [0.3, 0.4) is 0 Å². The molecule has 0 bridgehead atoms. The van der Waals surface area contributed by atoms with Crippen molar-refractivity contribution in [3.8, 4) is 0 Å². The molecule has 0 aliphatic heterocycles. The van der Waals surface area contributed by atoms with Gasteiger partial charge in [-0.25, -0.2) is 9.18 Å². The highest BCUT2D eigenvalue weighted by molar-refractivity contribution is 9.10. The minimum absolute atomic E-state index is 0.0239. The lowest BCUT2D eigenvalue weighted by atomic mass is 10.1. The van der Waals surface area contributed by atoms with Gasteiger partial charge >= 0.3 is 5.97 Å². The molecule has 1 atom stereocenters. The second kappa shape index (κ2) is 5.85. The number of carboxylic acid groups (broad SMARTS) is 1. The van der Waals surface area contributed by atoms with E-state index in [2.05, 4.69) is 21.2 Å². The molecular weight excluding hydrogens is 344 g/mol. The van der Waals surface area contributed by atoms with Crippen molar-refractivity contribution in [1.82, 2.24) is 5.32 Å². The molecule has 0 radical (unpaired) electrons. The van der Waals surface area contributed by atoms with Crippen molar-refractivity contribution in [2.45, 2.75) is 12.5 Å². The lowest BCUT2D eigenvalue weighted by Crippen LogP contribution is -2.46. The Hall–Kier alpha value is -1.18. The summed E-state index contributed by atoms with van der Waals surface area (Å²) in [6.45, 7) is 0.505. The summed E-state index contributed by atoms with van der Waals surface area (Å²) in [5.74, 6) is -2.96. The van der Waals surface area contributed by atoms with Gasteiger partial charge in [0, 0.05) is 5.02 Å². The summed E-state index contributed by atoms with van der Waals surface area (Å²) in [7, 11) is 0. The third-order valence-corrected chi connectivity index (χ3v) is 3.32. The number of aliphatic hydroxyl groups is 1. The minimum Gasteiger partial charge on any atom is -0.479 e. The van der Waals surface area contributed by atoms with E-state index in [0.717, 1.165) is 13.0 Å². The molecule has 0 heterocycles. The van der Waals surface area contributed by atoms with Gasteiger partial charge in [0.15, 0.2) is 5.60 Å². The first kappa shape index (κ1) is 15.9. The van der Waals surface area contributed by atoms with Crippen molar-refractivity contribution in [3.63, 3.8) is 0 Å². The van der Waals surface area contributed by atoms with Crippen LogP contribution in [0.15, 0.2) is 16.6 Å². The number of halogens is 3. The molecule has 0 aliphatic carbocycles. The Bertz CT molecular complexity index is 536. The lowest BCUT2D eigenvalue weighted by molar-refractivity contribution is -0.155. The molecule has 3 N–H and O–H groups in total. The van der Waals surface area contributed by atoms with Crippen LogP contribution in [0.5, 0.6) is 0 Å². The Morgan fingerprint density at radius 1 is 1.53 bits per heavy atom. The van der Waals surface area contributed by atoms with Gasteiger partial charge in [0.2, 0.25) is 0 Å². The first-order valence-electron chi connectivity index (χ1n) is 5.03. The first-order valence-corrected chi connectivity index (χ1v) is 6.21. The normalized spacial score (nSPS) is 13.7. The van der Waals surface area contributed by atoms with Crippen LogP contribution in [0, 0.1) is 5.82 Å². The fourth-order valence-corrected chi connectivity index (χ4v) is 1.76. The maximum Gasteiger partial charge on any atom is 0.337 e. The van der Waals surface area contributed by atoms with Gasteiger partial charge in [-0.05, 0) is 35.0 Å². The summed E-state index contributed by atoms with van der Waals surface area (Å²) in [5, 5.41) is 20.3. The van der Waals surface area contributed by atoms with Crippen LogP contribution in [-0.2, 0) is 4.79 Å². The molecular formula is C11H10BrClFNO4. The fourth-order valence-electron chi connectivity index (χ4n) is 1.14. The molecule has 19 heavy (non-hydrogen) atoms. The largest absolute Gasteiger partial charge is 0.479 e. The Morgan fingerprint density at radius 3 is 2.63 bits per heavy atom. The maximum atomic E-state index is 13.3. The van der Waals surface area contributed by atoms with Crippen LogP contribution in [0.4, 0.5) is 4.39 Å². The average molecular weight is 355 g/mol. The van der Waals surface area contributed by atoms with Gasteiger partial charge in [0.05, 0.1) is 16.6 Å². The smallest absolute Gasteiger partial charge is 0.337 e. The number of nitrogens with one attached hydrogen (secondary N) is 1. The number of carbonyl (C=O) groups is 2. The molecule has 0 aliphatic rings. The van der Waals surface area contributed by atoms with Gasteiger partial charge in [-0.1, -0.05) is 11.6 Å². The van der Waals surface area contributed by atoms with Crippen molar-refractivity contribution in [2.24, 2.45) is 0 Å². The van der Waals surface area contributed by atoms with E-state index in [1.165, 1.54) is 6.07 Å². The molecule has 0 aromatic heterocycles. The Kier molecular flexibility index (Phi) is 4.89. The van der Waals surface area contributed by atoms with Crippen LogP contribution in [0.1, 0.15) is 17.3 Å². The van der Waals surface area contributed by atoms with Gasteiger partial charge in [0.1, 0.15) is 5.82 Å². The highest BCUT2D eigenvalue weighted by Gasteiger charge is 2.30. The van der Waals surface area contributed by atoms with E-state index in [0.29, 0.717) is 0 Å². The molecule has 1 aromatic rings. The van der Waals surface area contributed by atoms with Gasteiger partial charge in [0.25, 0.3) is 5.91 Å². The van der Waals surface area contributed by atoms with E-state index in [9.17, 15) is 19.1 Å². The highest BCUT2D eigenvalue weighted by Crippen LogP contribution is 2.25. The number of carboxylic acids is 1. The standard InChI is InChI=1S/C11H10BrClFNO4/c1-11(19,10(17)18)4-15-9(16)6-2-5(13)3-7(14)8(6)12/h2-3,19H,4H2,1H3,(H,15,16)(H,17,18). The molecule has 0 saturated heterocycles. The minimum atomic E-state index is -2.11. The Balaban J connectivity index is 2.88. The maximum absolute atomic E-state index is 13.3. The van der Waals surface area contributed by atoms with Crippen molar-refractivity contribution >= 4 is 39.4 Å². The monoisotopic (exact) mass is 353 g/mol. The molecule has 1 unspecified atom stereocenters. The second-order valence-corrected chi connectivity index (χ2v) is 5.24. The zero-order valence-corrected chi connectivity index (χ0v) is 12.0. The number of rotatable bonds is 4. The quantitative estimate of drug-likeness (QED) is 0.720. The Morgan fingerprint density at radius 2 is 2.11 bits per heavy atom. The summed E-state index contributed by atoms with van der Waals surface area (Å²) in [4.78, 5) is 22.4.